The molecule has 16 heavy (non-hydrogen) atoms. The first-order valence-electron chi connectivity index (χ1n) is 5.03. The average molecular weight is 218 g/mol. The Bertz CT molecular complexity index is 464. The average Bonchev–Trinajstić information content (AvgIpc) is 2.65. The molecule has 2 rings (SSSR count). The molecular formula is C10H14N6. The molecule has 0 atom stereocenters. The van der Waals surface area contributed by atoms with Crippen LogP contribution in [-0.2, 0) is 13.5 Å². The Morgan fingerprint density at radius 1 is 1.44 bits per heavy atom. The van der Waals surface area contributed by atoms with E-state index in [0.717, 1.165) is 24.5 Å². The van der Waals surface area contributed by atoms with E-state index < -0.39 is 0 Å². The summed E-state index contributed by atoms with van der Waals surface area (Å²) in [6.07, 6.45) is 5.86. The minimum atomic E-state index is 0.656. The molecule has 0 aliphatic rings. The van der Waals surface area contributed by atoms with Gasteiger partial charge in [0.15, 0.2) is 0 Å². The van der Waals surface area contributed by atoms with Crippen LogP contribution >= 0.6 is 0 Å². The van der Waals surface area contributed by atoms with Gasteiger partial charge in [0.25, 0.3) is 0 Å². The first-order chi connectivity index (χ1) is 7.75. The molecule has 0 aromatic carbocycles. The number of nitrogen functional groups attached to an aromatic ring is 1. The number of hydrogen-bond acceptors (Lipinski definition) is 5. The van der Waals surface area contributed by atoms with Crippen LogP contribution in [0, 0.1) is 0 Å². The highest BCUT2D eigenvalue weighted by Gasteiger charge is 2.00. The van der Waals surface area contributed by atoms with Gasteiger partial charge in [-0.15, -0.1) is 10.2 Å². The third kappa shape index (κ3) is 2.47. The van der Waals surface area contributed by atoms with Crippen molar-refractivity contribution in [1.82, 2.24) is 19.7 Å². The Hall–Kier alpha value is -2.11. The number of hydrogen-bond donors (Lipinski definition) is 2. The van der Waals surface area contributed by atoms with Crippen LogP contribution in [0.15, 0.2) is 24.8 Å². The minimum Gasteiger partial charge on any atom is -0.397 e. The van der Waals surface area contributed by atoms with E-state index >= 15 is 0 Å². The number of nitrogens with two attached hydrogens (primary N) is 1. The van der Waals surface area contributed by atoms with Crippen LogP contribution in [0.25, 0.3) is 0 Å². The van der Waals surface area contributed by atoms with Gasteiger partial charge in [0.1, 0.15) is 12.2 Å². The van der Waals surface area contributed by atoms with Gasteiger partial charge >= 0.3 is 0 Å². The SMILES string of the molecule is Cn1cnnc1CCNc1cncc(N)c1. The van der Waals surface area contributed by atoms with Crippen molar-refractivity contribution < 1.29 is 0 Å². The van der Waals surface area contributed by atoms with Gasteiger partial charge in [-0.2, -0.15) is 0 Å². The quantitative estimate of drug-likeness (QED) is 0.778. The smallest absolute Gasteiger partial charge is 0.134 e. The number of anilines is 2. The van der Waals surface area contributed by atoms with Gasteiger partial charge in [-0.1, -0.05) is 0 Å². The van der Waals surface area contributed by atoms with Crippen molar-refractivity contribution in [3.05, 3.63) is 30.6 Å². The molecule has 0 saturated heterocycles. The Balaban J connectivity index is 1.87. The Morgan fingerprint density at radius 2 is 2.31 bits per heavy atom. The lowest BCUT2D eigenvalue weighted by molar-refractivity contribution is 0.788. The summed E-state index contributed by atoms with van der Waals surface area (Å²) in [6, 6.07) is 1.85. The zero-order chi connectivity index (χ0) is 11.4. The van der Waals surface area contributed by atoms with Crippen LogP contribution in [0.2, 0.25) is 0 Å². The lowest BCUT2D eigenvalue weighted by atomic mass is 10.3. The Morgan fingerprint density at radius 3 is 3.00 bits per heavy atom. The standard InChI is InChI=1S/C10H14N6/c1-16-7-14-15-10(16)2-3-13-9-4-8(11)5-12-6-9/h4-7,13H,2-3,11H2,1H3. The summed E-state index contributed by atoms with van der Waals surface area (Å²) >= 11 is 0. The second kappa shape index (κ2) is 4.61. The number of aryl methyl sites for hydroxylation is 1. The van der Waals surface area contributed by atoms with Gasteiger partial charge in [-0.25, -0.2) is 0 Å². The summed E-state index contributed by atoms with van der Waals surface area (Å²) in [7, 11) is 1.93. The summed E-state index contributed by atoms with van der Waals surface area (Å²) in [4.78, 5) is 4.00. The topological polar surface area (TPSA) is 81.7 Å². The van der Waals surface area contributed by atoms with Crippen LogP contribution < -0.4 is 11.1 Å². The molecule has 0 aliphatic carbocycles. The molecule has 0 bridgehead atoms. The van der Waals surface area contributed by atoms with Crippen molar-refractivity contribution in [3.63, 3.8) is 0 Å². The Labute approximate surface area is 93.5 Å². The lowest BCUT2D eigenvalue weighted by Gasteiger charge is -2.05. The Kier molecular flexibility index (Phi) is 3.00. The molecule has 0 amide bonds. The summed E-state index contributed by atoms with van der Waals surface area (Å²) in [6.45, 7) is 0.775. The van der Waals surface area contributed by atoms with Crippen molar-refractivity contribution in [2.45, 2.75) is 6.42 Å². The molecule has 0 unspecified atom stereocenters. The largest absolute Gasteiger partial charge is 0.397 e. The van der Waals surface area contributed by atoms with Gasteiger partial charge in [-0.3, -0.25) is 4.98 Å². The van der Waals surface area contributed by atoms with Crippen LogP contribution in [0.3, 0.4) is 0 Å². The van der Waals surface area contributed by atoms with Crippen molar-refractivity contribution in [2.24, 2.45) is 7.05 Å². The summed E-state index contributed by atoms with van der Waals surface area (Å²) in [5, 5.41) is 11.0. The predicted molar refractivity (Wildman–Crippen MR) is 61.8 cm³/mol. The molecule has 0 radical (unpaired) electrons. The molecule has 0 fully saturated rings. The van der Waals surface area contributed by atoms with Crippen LogP contribution in [0.4, 0.5) is 11.4 Å². The van der Waals surface area contributed by atoms with E-state index in [1.807, 2.05) is 17.7 Å². The lowest BCUT2D eigenvalue weighted by Crippen LogP contribution is -2.09. The fourth-order valence-corrected chi connectivity index (χ4v) is 1.41. The number of pyridine rings is 1. The third-order valence-corrected chi connectivity index (χ3v) is 2.24. The molecular weight excluding hydrogens is 204 g/mol. The van der Waals surface area contributed by atoms with Crippen molar-refractivity contribution >= 4 is 11.4 Å². The van der Waals surface area contributed by atoms with E-state index in [1.54, 1.807) is 18.7 Å². The first-order valence-corrected chi connectivity index (χ1v) is 5.03. The summed E-state index contributed by atoms with van der Waals surface area (Å²) in [5.74, 6) is 0.948. The molecule has 6 nitrogen and oxygen atoms in total. The summed E-state index contributed by atoms with van der Waals surface area (Å²) < 4.78 is 1.90. The van der Waals surface area contributed by atoms with Crippen LogP contribution in [0.5, 0.6) is 0 Å². The van der Waals surface area contributed by atoms with E-state index in [1.165, 1.54) is 0 Å². The van der Waals surface area contributed by atoms with Crippen molar-refractivity contribution in [1.29, 1.82) is 0 Å². The number of nitrogens with zero attached hydrogens (tertiary/aromatic N) is 4. The van der Waals surface area contributed by atoms with E-state index in [0.29, 0.717) is 5.69 Å². The molecule has 2 heterocycles. The molecule has 0 spiro atoms. The molecule has 84 valence electrons. The van der Waals surface area contributed by atoms with Crippen molar-refractivity contribution in [2.75, 3.05) is 17.6 Å². The van der Waals surface area contributed by atoms with Gasteiger partial charge in [0, 0.05) is 26.2 Å². The van der Waals surface area contributed by atoms with Crippen LogP contribution in [0.1, 0.15) is 5.82 Å². The van der Waals surface area contributed by atoms with Gasteiger partial charge in [0.2, 0.25) is 0 Å². The van der Waals surface area contributed by atoms with Crippen LogP contribution in [-0.4, -0.2) is 26.3 Å². The van der Waals surface area contributed by atoms with Gasteiger partial charge in [0.05, 0.1) is 17.6 Å². The maximum absolute atomic E-state index is 5.62. The molecule has 0 saturated carbocycles. The molecule has 3 N–H and O–H groups in total. The van der Waals surface area contributed by atoms with Crippen molar-refractivity contribution in [3.8, 4) is 0 Å². The fraction of sp³-hybridized carbons (Fsp3) is 0.300. The van der Waals surface area contributed by atoms with Gasteiger partial charge in [-0.05, 0) is 6.07 Å². The molecule has 6 heteroatoms. The number of nitrogens with one attached hydrogen (secondary N) is 1. The second-order valence-corrected chi connectivity index (χ2v) is 3.54. The van der Waals surface area contributed by atoms with E-state index in [2.05, 4.69) is 20.5 Å². The second-order valence-electron chi connectivity index (χ2n) is 3.54. The normalized spacial score (nSPS) is 10.3. The zero-order valence-corrected chi connectivity index (χ0v) is 9.09. The number of aromatic nitrogens is 4. The molecule has 2 aromatic rings. The fourth-order valence-electron chi connectivity index (χ4n) is 1.41. The molecule has 0 aliphatic heterocycles. The maximum Gasteiger partial charge on any atom is 0.134 e. The summed E-state index contributed by atoms with van der Waals surface area (Å²) in [5.41, 5.74) is 7.19. The number of rotatable bonds is 4. The highest BCUT2D eigenvalue weighted by atomic mass is 15.2. The minimum absolute atomic E-state index is 0.656. The highest BCUT2D eigenvalue weighted by molar-refractivity contribution is 5.51. The van der Waals surface area contributed by atoms with Gasteiger partial charge < -0.3 is 15.6 Å². The third-order valence-electron chi connectivity index (χ3n) is 2.24. The van der Waals surface area contributed by atoms with E-state index in [-0.39, 0.29) is 0 Å². The van der Waals surface area contributed by atoms with E-state index in [9.17, 15) is 0 Å². The monoisotopic (exact) mass is 218 g/mol. The maximum atomic E-state index is 5.62. The zero-order valence-electron chi connectivity index (χ0n) is 9.09. The predicted octanol–water partition coefficient (Wildman–Crippen LogP) is 0.447. The molecule has 2 aromatic heterocycles. The highest BCUT2D eigenvalue weighted by Crippen LogP contribution is 2.09. The first kappa shape index (κ1) is 10.4. The van der Waals surface area contributed by atoms with E-state index in [4.69, 9.17) is 5.73 Å².